The van der Waals surface area contributed by atoms with Crippen molar-refractivity contribution in [3.05, 3.63) is 12.2 Å². The quantitative estimate of drug-likeness (QED) is 0.478. The van der Waals surface area contributed by atoms with Gasteiger partial charge in [0.1, 0.15) is 0 Å². The highest BCUT2D eigenvalue weighted by atomic mass is 14.8. The Balaban J connectivity index is 4.52. The molecule has 0 fully saturated rings. The third kappa shape index (κ3) is 5.48. The van der Waals surface area contributed by atoms with Crippen LogP contribution >= 0.6 is 0 Å². The number of nitrogens with zero attached hydrogens (tertiary/aromatic N) is 1. The molecule has 0 aromatic heterocycles. The molecule has 0 unspecified atom stereocenters. The molecule has 16 heavy (non-hydrogen) atoms. The summed E-state index contributed by atoms with van der Waals surface area (Å²) in [6, 6.07) is 0.339. The van der Waals surface area contributed by atoms with Gasteiger partial charge in [-0.25, -0.2) is 0 Å². The molecule has 0 N–H and O–H groups in total. The van der Waals surface area contributed by atoms with E-state index in [4.69, 9.17) is 4.99 Å². The van der Waals surface area contributed by atoms with E-state index in [1.54, 1.807) is 0 Å². The van der Waals surface area contributed by atoms with Gasteiger partial charge in [0.15, 0.2) is 0 Å². The molecular formula is C15H29N. The summed E-state index contributed by atoms with van der Waals surface area (Å²) in [5.74, 6) is 0. The largest absolute Gasteiger partial charge is 0.291 e. The van der Waals surface area contributed by atoms with Crippen molar-refractivity contribution in [1.82, 2.24) is 0 Å². The molecule has 0 radical (unpaired) electrons. The molecule has 0 bridgehead atoms. The molecule has 1 heteroatoms. The van der Waals surface area contributed by atoms with Gasteiger partial charge in [-0.2, -0.15) is 0 Å². The fourth-order valence-corrected chi connectivity index (χ4v) is 1.23. The van der Waals surface area contributed by atoms with Gasteiger partial charge >= 0.3 is 0 Å². The van der Waals surface area contributed by atoms with Crippen LogP contribution in [0.4, 0.5) is 0 Å². The number of hydrogen-bond acceptors (Lipinski definition) is 1. The minimum Gasteiger partial charge on any atom is -0.291 e. The van der Waals surface area contributed by atoms with Crippen molar-refractivity contribution in [1.29, 1.82) is 0 Å². The highest BCUT2D eigenvalue weighted by molar-refractivity contribution is 5.87. The monoisotopic (exact) mass is 223 g/mol. The zero-order valence-electron chi connectivity index (χ0n) is 12.4. The van der Waals surface area contributed by atoms with Crippen LogP contribution in [0, 0.1) is 10.8 Å². The Hall–Kier alpha value is -0.590. The first kappa shape index (κ1) is 15.4. The molecule has 0 saturated carbocycles. The van der Waals surface area contributed by atoms with Gasteiger partial charge in [-0.1, -0.05) is 53.7 Å². The van der Waals surface area contributed by atoms with E-state index < -0.39 is 0 Å². The van der Waals surface area contributed by atoms with Gasteiger partial charge in [0.05, 0.1) is 6.04 Å². The molecule has 0 aliphatic heterocycles. The highest BCUT2D eigenvalue weighted by Gasteiger charge is 2.19. The fourth-order valence-electron chi connectivity index (χ4n) is 1.23. The predicted octanol–water partition coefficient (Wildman–Crippen LogP) is 4.87. The van der Waals surface area contributed by atoms with E-state index in [1.165, 1.54) is 11.3 Å². The van der Waals surface area contributed by atoms with E-state index in [1.807, 2.05) is 0 Å². The van der Waals surface area contributed by atoms with Crippen LogP contribution in [-0.4, -0.2) is 11.8 Å². The first-order valence-electron chi connectivity index (χ1n) is 6.17. The maximum absolute atomic E-state index is 4.76. The van der Waals surface area contributed by atoms with E-state index in [9.17, 15) is 0 Å². The predicted molar refractivity (Wildman–Crippen MR) is 75.2 cm³/mol. The minimum absolute atomic E-state index is 0.178. The Morgan fingerprint density at radius 2 is 1.50 bits per heavy atom. The summed E-state index contributed by atoms with van der Waals surface area (Å²) in [7, 11) is 0. The van der Waals surface area contributed by atoms with E-state index in [0.717, 1.165) is 6.42 Å². The first-order chi connectivity index (χ1) is 6.94. The SMILES string of the molecule is C=C(C[C@@H](C)N=C(C)C(C)(C)C)C(C)(C)C. The highest BCUT2D eigenvalue weighted by Crippen LogP contribution is 2.28. The maximum Gasteiger partial charge on any atom is 0.0508 e. The Morgan fingerprint density at radius 1 is 1.06 bits per heavy atom. The summed E-state index contributed by atoms with van der Waals surface area (Å²) in [5, 5.41) is 0. The zero-order chi connectivity index (χ0) is 13.1. The number of hydrogen-bond donors (Lipinski definition) is 0. The van der Waals surface area contributed by atoms with Gasteiger partial charge in [-0.15, -0.1) is 0 Å². The second-order valence-corrected chi connectivity index (χ2v) is 6.87. The summed E-state index contributed by atoms with van der Waals surface area (Å²) in [6.45, 7) is 21.7. The summed E-state index contributed by atoms with van der Waals surface area (Å²) in [4.78, 5) is 4.76. The summed E-state index contributed by atoms with van der Waals surface area (Å²) < 4.78 is 0. The fraction of sp³-hybridized carbons (Fsp3) is 0.800. The molecule has 0 aromatic carbocycles. The van der Waals surface area contributed by atoms with Crippen LogP contribution in [-0.2, 0) is 0 Å². The smallest absolute Gasteiger partial charge is 0.0508 e. The van der Waals surface area contributed by atoms with Crippen LogP contribution in [0.2, 0.25) is 0 Å². The lowest BCUT2D eigenvalue weighted by Crippen LogP contribution is -2.20. The topological polar surface area (TPSA) is 12.4 Å². The third-order valence-corrected chi connectivity index (χ3v) is 3.10. The average Bonchev–Trinajstić information content (AvgIpc) is 1.99. The van der Waals surface area contributed by atoms with Crippen molar-refractivity contribution < 1.29 is 0 Å². The van der Waals surface area contributed by atoms with Crippen LogP contribution in [0.5, 0.6) is 0 Å². The van der Waals surface area contributed by atoms with Crippen LogP contribution in [0.3, 0.4) is 0 Å². The Morgan fingerprint density at radius 3 is 1.81 bits per heavy atom. The molecule has 94 valence electrons. The average molecular weight is 223 g/mol. The normalized spacial score (nSPS) is 16.1. The van der Waals surface area contributed by atoms with Crippen molar-refractivity contribution in [2.75, 3.05) is 0 Å². The molecule has 0 heterocycles. The van der Waals surface area contributed by atoms with Gasteiger partial charge in [-0.3, -0.25) is 4.99 Å². The van der Waals surface area contributed by atoms with Crippen molar-refractivity contribution in [2.24, 2.45) is 15.8 Å². The maximum atomic E-state index is 4.76. The summed E-state index contributed by atoms with van der Waals surface area (Å²) in [5.41, 5.74) is 2.88. The molecule has 0 aromatic rings. The lowest BCUT2D eigenvalue weighted by molar-refractivity contribution is 0.470. The van der Waals surface area contributed by atoms with Gasteiger partial charge in [0.25, 0.3) is 0 Å². The molecular weight excluding hydrogens is 194 g/mol. The number of aliphatic imine (C=N–C) groups is 1. The van der Waals surface area contributed by atoms with Gasteiger partial charge in [-0.05, 0) is 31.1 Å². The molecule has 1 atom stereocenters. The van der Waals surface area contributed by atoms with E-state index >= 15 is 0 Å². The Labute approximate surface area is 102 Å². The molecule has 0 amide bonds. The van der Waals surface area contributed by atoms with Gasteiger partial charge < -0.3 is 0 Å². The Kier molecular flexibility index (Phi) is 4.97. The summed E-state index contributed by atoms with van der Waals surface area (Å²) >= 11 is 0. The van der Waals surface area contributed by atoms with Crippen molar-refractivity contribution >= 4 is 5.71 Å². The molecule has 0 spiro atoms. The van der Waals surface area contributed by atoms with Crippen molar-refractivity contribution in [3.63, 3.8) is 0 Å². The molecule has 0 saturated heterocycles. The van der Waals surface area contributed by atoms with E-state index in [-0.39, 0.29) is 10.8 Å². The van der Waals surface area contributed by atoms with Crippen LogP contribution in [0.15, 0.2) is 17.1 Å². The van der Waals surface area contributed by atoms with Crippen LogP contribution in [0.25, 0.3) is 0 Å². The van der Waals surface area contributed by atoms with E-state index in [2.05, 4.69) is 62.0 Å². The zero-order valence-corrected chi connectivity index (χ0v) is 12.4. The van der Waals surface area contributed by atoms with E-state index in [0.29, 0.717) is 6.04 Å². The summed E-state index contributed by atoms with van der Waals surface area (Å²) in [6.07, 6.45) is 0.983. The Bertz CT molecular complexity index is 271. The molecule has 0 rings (SSSR count). The lowest BCUT2D eigenvalue weighted by Gasteiger charge is -2.25. The standard InChI is InChI=1S/C15H29N/c1-11(14(4,5)6)10-12(2)16-13(3)15(7,8)9/h12H,1,10H2,2-9H3/t12-/m1/s1. The minimum atomic E-state index is 0.178. The number of rotatable bonds is 3. The third-order valence-electron chi connectivity index (χ3n) is 3.10. The first-order valence-corrected chi connectivity index (χ1v) is 6.17. The molecule has 0 aliphatic rings. The van der Waals surface area contributed by atoms with Gasteiger partial charge in [0, 0.05) is 5.71 Å². The second-order valence-electron chi connectivity index (χ2n) is 6.87. The molecule has 0 aliphatic carbocycles. The van der Waals surface area contributed by atoms with Gasteiger partial charge in [0.2, 0.25) is 0 Å². The van der Waals surface area contributed by atoms with Crippen LogP contribution in [0.1, 0.15) is 61.8 Å². The lowest BCUT2D eigenvalue weighted by atomic mass is 9.84. The van der Waals surface area contributed by atoms with Crippen LogP contribution < -0.4 is 0 Å². The van der Waals surface area contributed by atoms with Crippen molar-refractivity contribution in [3.8, 4) is 0 Å². The second kappa shape index (κ2) is 5.16. The van der Waals surface area contributed by atoms with Crippen molar-refractivity contribution in [2.45, 2.75) is 67.9 Å². The molecule has 1 nitrogen and oxygen atoms in total.